The normalized spacial score (nSPS) is 10.8. The van der Waals surface area contributed by atoms with Gasteiger partial charge in [0, 0.05) is 0 Å². The van der Waals surface area contributed by atoms with Gasteiger partial charge in [0.05, 0.1) is 23.2 Å². The summed E-state index contributed by atoms with van der Waals surface area (Å²) in [6, 6.07) is 12.4. The zero-order chi connectivity index (χ0) is 13.2. The van der Waals surface area contributed by atoms with Gasteiger partial charge in [-0.05, 0) is 24.3 Å². The largest absolute Gasteiger partial charge is 0.390 e. The molecule has 5 nitrogen and oxygen atoms in total. The van der Waals surface area contributed by atoms with Gasteiger partial charge in [0.15, 0.2) is 5.82 Å². The van der Waals surface area contributed by atoms with Crippen molar-refractivity contribution in [2.75, 3.05) is 0 Å². The molecule has 3 aromatic rings. The number of para-hydroxylation sites is 1. The first kappa shape index (κ1) is 11.6. The zero-order valence-electron chi connectivity index (χ0n) is 10.00. The van der Waals surface area contributed by atoms with Crippen molar-refractivity contribution in [2.45, 2.75) is 6.61 Å². The van der Waals surface area contributed by atoms with Crippen molar-refractivity contribution in [1.29, 1.82) is 0 Å². The fourth-order valence-corrected chi connectivity index (χ4v) is 1.91. The van der Waals surface area contributed by atoms with Gasteiger partial charge in [-0.2, -0.15) is 0 Å². The quantitative estimate of drug-likeness (QED) is 0.725. The average Bonchev–Trinajstić information content (AvgIpc) is 2.47. The fraction of sp³-hybridized carbons (Fsp3) is 0.0714. The summed E-state index contributed by atoms with van der Waals surface area (Å²) in [5.41, 5.74) is 1.50. The SMILES string of the molecule is O=c1[nH]c(-c2cccc(CO)n2)nc2ccccc12. The minimum Gasteiger partial charge on any atom is -0.390 e. The van der Waals surface area contributed by atoms with E-state index < -0.39 is 0 Å². The van der Waals surface area contributed by atoms with Gasteiger partial charge in [-0.3, -0.25) is 4.79 Å². The Bertz CT molecular complexity index is 796. The number of hydrogen-bond acceptors (Lipinski definition) is 4. The van der Waals surface area contributed by atoms with E-state index in [2.05, 4.69) is 15.0 Å². The van der Waals surface area contributed by atoms with E-state index in [1.165, 1.54) is 0 Å². The van der Waals surface area contributed by atoms with E-state index in [9.17, 15) is 4.79 Å². The van der Waals surface area contributed by atoms with Crippen LogP contribution in [0.2, 0.25) is 0 Å². The lowest BCUT2D eigenvalue weighted by atomic mass is 10.2. The van der Waals surface area contributed by atoms with Crippen LogP contribution < -0.4 is 5.56 Å². The Labute approximate surface area is 108 Å². The van der Waals surface area contributed by atoms with Crippen LogP contribution in [0.4, 0.5) is 0 Å². The smallest absolute Gasteiger partial charge is 0.259 e. The number of benzene rings is 1. The number of hydrogen-bond donors (Lipinski definition) is 2. The van der Waals surface area contributed by atoms with Crippen molar-refractivity contribution in [3.05, 3.63) is 58.5 Å². The first-order valence-electron chi connectivity index (χ1n) is 5.84. The lowest BCUT2D eigenvalue weighted by Gasteiger charge is -2.03. The molecule has 0 aliphatic heterocycles. The average molecular weight is 253 g/mol. The molecular weight excluding hydrogens is 242 g/mol. The number of aliphatic hydroxyl groups is 1. The molecule has 2 heterocycles. The molecule has 0 saturated carbocycles. The molecule has 3 rings (SSSR count). The van der Waals surface area contributed by atoms with Gasteiger partial charge in [-0.25, -0.2) is 9.97 Å². The number of pyridine rings is 1. The van der Waals surface area contributed by atoms with Crippen molar-refractivity contribution in [3.63, 3.8) is 0 Å². The van der Waals surface area contributed by atoms with E-state index >= 15 is 0 Å². The number of H-pyrrole nitrogens is 1. The first-order chi connectivity index (χ1) is 9.28. The maximum atomic E-state index is 12.0. The van der Waals surface area contributed by atoms with Crippen LogP contribution >= 0.6 is 0 Å². The summed E-state index contributed by atoms with van der Waals surface area (Å²) < 4.78 is 0. The maximum absolute atomic E-state index is 12.0. The highest BCUT2D eigenvalue weighted by Crippen LogP contribution is 2.14. The summed E-state index contributed by atoms with van der Waals surface area (Å²) in [7, 11) is 0. The third-order valence-electron chi connectivity index (χ3n) is 2.82. The van der Waals surface area contributed by atoms with Crippen molar-refractivity contribution in [2.24, 2.45) is 0 Å². The van der Waals surface area contributed by atoms with E-state index in [0.717, 1.165) is 0 Å². The summed E-state index contributed by atoms with van der Waals surface area (Å²) >= 11 is 0. The lowest BCUT2D eigenvalue weighted by molar-refractivity contribution is 0.277. The number of aromatic amines is 1. The second-order valence-electron chi connectivity index (χ2n) is 4.10. The Morgan fingerprint density at radius 3 is 2.74 bits per heavy atom. The molecule has 2 N–H and O–H groups in total. The van der Waals surface area contributed by atoms with Crippen LogP contribution in [0, 0.1) is 0 Å². The lowest BCUT2D eigenvalue weighted by Crippen LogP contribution is -2.10. The molecule has 0 saturated heterocycles. The molecule has 0 amide bonds. The summed E-state index contributed by atoms with van der Waals surface area (Å²) in [6.07, 6.45) is 0. The third kappa shape index (κ3) is 2.11. The molecule has 0 spiro atoms. The maximum Gasteiger partial charge on any atom is 0.259 e. The first-order valence-corrected chi connectivity index (χ1v) is 5.84. The molecule has 0 atom stereocenters. The molecular formula is C14H11N3O2. The highest BCUT2D eigenvalue weighted by Gasteiger charge is 2.06. The minimum atomic E-state index is -0.197. The van der Waals surface area contributed by atoms with Gasteiger partial charge in [0.25, 0.3) is 5.56 Å². The molecule has 2 aromatic heterocycles. The second kappa shape index (κ2) is 4.62. The third-order valence-corrected chi connectivity index (χ3v) is 2.82. The summed E-state index contributed by atoms with van der Waals surface area (Å²) in [5.74, 6) is 0.402. The molecule has 0 fully saturated rings. The molecule has 1 aromatic carbocycles. The van der Waals surface area contributed by atoms with Crippen molar-refractivity contribution in [1.82, 2.24) is 15.0 Å². The second-order valence-corrected chi connectivity index (χ2v) is 4.10. The highest BCUT2D eigenvalue weighted by atomic mass is 16.3. The molecule has 0 unspecified atom stereocenters. The Kier molecular flexibility index (Phi) is 2.81. The van der Waals surface area contributed by atoms with Gasteiger partial charge in [-0.1, -0.05) is 18.2 Å². The number of fused-ring (bicyclic) bond motifs is 1. The Balaban J connectivity index is 2.22. The van der Waals surface area contributed by atoms with Gasteiger partial charge in [0.2, 0.25) is 0 Å². The predicted molar refractivity (Wildman–Crippen MR) is 71.5 cm³/mol. The minimum absolute atomic E-state index is 0.147. The molecule has 0 aliphatic carbocycles. The van der Waals surface area contributed by atoms with Crippen LogP contribution in [0.15, 0.2) is 47.3 Å². The van der Waals surface area contributed by atoms with Gasteiger partial charge in [0.1, 0.15) is 5.69 Å². The van der Waals surface area contributed by atoms with Crippen molar-refractivity contribution in [3.8, 4) is 11.5 Å². The van der Waals surface area contributed by atoms with Crippen LogP contribution in [0.3, 0.4) is 0 Å². The summed E-state index contributed by atoms with van der Waals surface area (Å²) in [5, 5.41) is 9.63. The van der Waals surface area contributed by atoms with E-state index in [1.807, 2.05) is 6.07 Å². The van der Waals surface area contributed by atoms with E-state index in [-0.39, 0.29) is 12.2 Å². The van der Waals surface area contributed by atoms with E-state index in [0.29, 0.717) is 28.1 Å². The van der Waals surface area contributed by atoms with Gasteiger partial charge in [-0.15, -0.1) is 0 Å². The topological polar surface area (TPSA) is 78.9 Å². The van der Waals surface area contributed by atoms with Crippen LogP contribution in [0.1, 0.15) is 5.69 Å². The summed E-state index contributed by atoms with van der Waals surface area (Å²) in [4.78, 5) is 23.3. The number of nitrogens with one attached hydrogen (secondary N) is 1. The monoisotopic (exact) mass is 253 g/mol. The highest BCUT2D eigenvalue weighted by molar-refractivity contribution is 5.78. The molecule has 5 heteroatoms. The predicted octanol–water partition coefficient (Wildman–Crippen LogP) is 1.48. The Morgan fingerprint density at radius 2 is 1.89 bits per heavy atom. The van der Waals surface area contributed by atoms with Gasteiger partial charge >= 0.3 is 0 Å². The number of aromatic nitrogens is 3. The van der Waals surface area contributed by atoms with Crippen LogP contribution in [-0.4, -0.2) is 20.1 Å². The van der Waals surface area contributed by atoms with E-state index in [4.69, 9.17) is 5.11 Å². The van der Waals surface area contributed by atoms with E-state index in [1.54, 1.807) is 36.4 Å². The van der Waals surface area contributed by atoms with Gasteiger partial charge < -0.3 is 10.1 Å². The Hall–Kier alpha value is -2.53. The number of rotatable bonds is 2. The standard InChI is InChI=1S/C14H11N3O2/c18-8-9-4-3-7-12(15-9)13-16-11-6-2-1-5-10(11)14(19)17-13/h1-7,18H,8H2,(H,16,17,19). The zero-order valence-corrected chi connectivity index (χ0v) is 10.00. The fourth-order valence-electron chi connectivity index (χ4n) is 1.91. The molecule has 94 valence electrons. The molecule has 0 bridgehead atoms. The molecule has 0 aliphatic rings. The van der Waals surface area contributed by atoms with Crippen molar-refractivity contribution >= 4 is 10.9 Å². The van der Waals surface area contributed by atoms with Crippen LogP contribution in [0.25, 0.3) is 22.4 Å². The summed E-state index contributed by atoms with van der Waals surface area (Å²) in [6.45, 7) is -0.147. The number of nitrogens with zero attached hydrogens (tertiary/aromatic N) is 2. The number of aliphatic hydroxyl groups excluding tert-OH is 1. The van der Waals surface area contributed by atoms with Crippen molar-refractivity contribution < 1.29 is 5.11 Å². The van der Waals surface area contributed by atoms with Crippen LogP contribution in [0.5, 0.6) is 0 Å². The Morgan fingerprint density at radius 1 is 1.05 bits per heavy atom. The molecule has 0 radical (unpaired) electrons. The van der Waals surface area contributed by atoms with Crippen LogP contribution in [-0.2, 0) is 6.61 Å². The molecule has 19 heavy (non-hydrogen) atoms.